The second-order valence-electron chi connectivity index (χ2n) is 4.38. The summed E-state index contributed by atoms with van der Waals surface area (Å²) in [6, 6.07) is 1.57. The van der Waals surface area contributed by atoms with E-state index in [1.54, 1.807) is 11.4 Å². The van der Waals surface area contributed by atoms with Crippen LogP contribution < -0.4 is 0 Å². The van der Waals surface area contributed by atoms with Crippen molar-refractivity contribution in [1.82, 2.24) is 0 Å². The van der Waals surface area contributed by atoms with Gasteiger partial charge in [-0.25, -0.2) is 8.78 Å². The fraction of sp³-hybridized carbons (Fsp3) is 0.545. The summed E-state index contributed by atoms with van der Waals surface area (Å²) in [5.74, 6) is -3.78. The molecule has 0 aromatic carbocycles. The topological polar surface area (TPSA) is 37.3 Å². The first-order valence-corrected chi connectivity index (χ1v) is 6.47. The highest BCUT2D eigenvalue weighted by atomic mass is 35.5. The second-order valence-corrected chi connectivity index (χ2v) is 5.93. The van der Waals surface area contributed by atoms with E-state index < -0.39 is 17.3 Å². The van der Waals surface area contributed by atoms with Gasteiger partial charge in [-0.2, -0.15) is 0 Å². The van der Waals surface area contributed by atoms with E-state index in [1.165, 1.54) is 11.3 Å². The summed E-state index contributed by atoms with van der Waals surface area (Å²) in [7, 11) is 0. The zero-order valence-corrected chi connectivity index (χ0v) is 10.5. The number of hydrogen-bond donors (Lipinski definition) is 1. The van der Waals surface area contributed by atoms with Gasteiger partial charge < -0.3 is 5.11 Å². The predicted octanol–water partition coefficient (Wildman–Crippen LogP) is 3.93. The molecule has 1 aliphatic rings. The molecule has 1 heterocycles. The fourth-order valence-corrected chi connectivity index (χ4v) is 3.21. The molecule has 17 heavy (non-hydrogen) atoms. The Morgan fingerprint density at radius 2 is 1.94 bits per heavy atom. The quantitative estimate of drug-likeness (QED) is 0.891. The van der Waals surface area contributed by atoms with Gasteiger partial charge in [-0.3, -0.25) is 4.79 Å². The van der Waals surface area contributed by atoms with Crippen molar-refractivity contribution < 1.29 is 18.7 Å². The van der Waals surface area contributed by atoms with Crippen LogP contribution in [0.25, 0.3) is 0 Å². The molecule has 0 atom stereocenters. The third-order valence-electron chi connectivity index (χ3n) is 3.36. The Morgan fingerprint density at radius 1 is 1.35 bits per heavy atom. The second kappa shape index (κ2) is 4.21. The molecule has 6 heteroatoms. The lowest BCUT2D eigenvalue weighted by Crippen LogP contribution is -2.42. The molecule has 2 rings (SSSR count). The van der Waals surface area contributed by atoms with E-state index in [9.17, 15) is 18.7 Å². The smallest absolute Gasteiger partial charge is 0.314 e. The largest absolute Gasteiger partial charge is 0.481 e. The molecule has 0 spiro atoms. The van der Waals surface area contributed by atoms with Gasteiger partial charge in [0.05, 0.1) is 9.75 Å². The number of thiophene rings is 1. The van der Waals surface area contributed by atoms with Crippen LogP contribution in [0.15, 0.2) is 11.4 Å². The molecule has 0 radical (unpaired) electrons. The normalized spacial score (nSPS) is 22.3. The summed E-state index contributed by atoms with van der Waals surface area (Å²) in [6.45, 7) is 0. The first kappa shape index (κ1) is 12.8. The molecule has 1 N–H and O–H groups in total. The minimum absolute atomic E-state index is 0.0393. The number of aliphatic carboxylic acids is 1. The van der Waals surface area contributed by atoms with Gasteiger partial charge >= 0.3 is 5.97 Å². The van der Waals surface area contributed by atoms with Crippen LogP contribution in [0.1, 0.15) is 31.2 Å². The summed E-state index contributed by atoms with van der Waals surface area (Å²) in [5.41, 5.74) is -0.638. The van der Waals surface area contributed by atoms with E-state index in [2.05, 4.69) is 0 Å². The number of alkyl halides is 2. The Bertz CT molecular complexity index is 434. The molecular formula is C11H11ClF2O2S. The van der Waals surface area contributed by atoms with Crippen molar-refractivity contribution in [3.63, 3.8) is 0 Å². The molecule has 1 aromatic rings. The molecular weight excluding hydrogens is 270 g/mol. The van der Waals surface area contributed by atoms with Gasteiger partial charge in [0.15, 0.2) is 0 Å². The number of rotatable bonds is 2. The lowest BCUT2D eigenvalue weighted by Gasteiger charge is -2.36. The molecule has 2 nitrogen and oxygen atoms in total. The molecule has 0 saturated heterocycles. The number of carbonyl (C=O) groups is 1. The van der Waals surface area contributed by atoms with Crippen molar-refractivity contribution in [2.45, 2.75) is 37.0 Å². The summed E-state index contributed by atoms with van der Waals surface area (Å²) in [6.07, 6.45) is -0.843. The van der Waals surface area contributed by atoms with Crippen LogP contribution in [0.5, 0.6) is 0 Å². The van der Waals surface area contributed by atoms with Gasteiger partial charge in [0, 0.05) is 12.8 Å². The standard InChI is InChI=1S/C11H11ClF2O2S/c12-8-5-7(6-17-8)10(9(15)16)1-3-11(13,14)4-2-10/h5-6H,1-4H2,(H,15,16). The zero-order valence-electron chi connectivity index (χ0n) is 8.88. The maximum absolute atomic E-state index is 13.1. The summed E-state index contributed by atoms with van der Waals surface area (Å²) in [4.78, 5) is 11.4. The summed E-state index contributed by atoms with van der Waals surface area (Å²) >= 11 is 7.01. The maximum Gasteiger partial charge on any atom is 0.314 e. The van der Waals surface area contributed by atoms with Gasteiger partial charge in [0.2, 0.25) is 5.92 Å². The monoisotopic (exact) mass is 280 g/mol. The Kier molecular flexibility index (Phi) is 3.16. The molecule has 0 amide bonds. The van der Waals surface area contributed by atoms with Crippen molar-refractivity contribution in [2.75, 3.05) is 0 Å². The Labute approximate surface area is 106 Å². The van der Waals surface area contributed by atoms with E-state index in [0.29, 0.717) is 9.90 Å². The third-order valence-corrected chi connectivity index (χ3v) is 4.46. The molecule has 1 aliphatic carbocycles. The Morgan fingerprint density at radius 3 is 2.35 bits per heavy atom. The maximum atomic E-state index is 13.1. The molecule has 1 aromatic heterocycles. The fourth-order valence-electron chi connectivity index (χ4n) is 2.23. The zero-order chi connectivity index (χ0) is 12.7. The minimum atomic E-state index is -2.74. The van der Waals surface area contributed by atoms with Crippen molar-refractivity contribution in [3.8, 4) is 0 Å². The SMILES string of the molecule is O=C(O)C1(c2csc(Cl)c2)CCC(F)(F)CC1. The van der Waals surface area contributed by atoms with Crippen molar-refractivity contribution in [1.29, 1.82) is 0 Å². The van der Waals surface area contributed by atoms with Gasteiger partial charge in [0.25, 0.3) is 0 Å². The van der Waals surface area contributed by atoms with E-state index >= 15 is 0 Å². The Hall–Kier alpha value is -0.680. The van der Waals surface area contributed by atoms with Crippen molar-refractivity contribution >= 4 is 28.9 Å². The van der Waals surface area contributed by atoms with Gasteiger partial charge in [-0.1, -0.05) is 11.6 Å². The lowest BCUT2D eigenvalue weighted by atomic mass is 9.69. The number of halogens is 3. The van der Waals surface area contributed by atoms with E-state index in [1.807, 2.05) is 0 Å². The van der Waals surface area contributed by atoms with Crippen LogP contribution in [0.4, 0.5) is 8.78 Å². The lowest BCUT2D eigenvalue weighted by molar-refractivity contribution is -0.149. The average molecular weight is 281 g/mol. The molecule has 0 unspecified atom stereocenters. The predicted molar refractivity (Wildman–Crippen MR) is 62.1 cm³/mol. The van der Waals surface area contributed by atoms with Crippen LogP contribution in [0.2, 0.25) is 4.34 Å². The van der Waals surface area contributed by atoms with Gasteiger partial charge in [-0.05, 0) is 29.9 Å². The highest BCUT2D eigenvalue weighted by molar-refractivity contribution is 7.14. The number of hydrogen-bond acceptors (Lipinski definition) is 2. The number of carboxylic acid groups (broad SMARTS) is 1. The minimum Gasteiger partial charge on any atom is -0.481 e. The summed E-state index contributed by atoms with van der Waals surface area (Å²) in [5, 5.41) is 11.0. The van der Waals surface area contributed by atoms with Gasteiger partial charge in [-0.15, -0.1) is 11.3 Å². The van der Waals surface area contributed by atoms with Crippen LogP contribution in [-0.4, -0.2) is 17.0 Å². The van der Waals surface area contributed by atoms with Crippen LogP contribution >= 0.6 is 22.9 Å². The molecule has 1 saturated carbocycles. The van der Waals surface area contributed by atoms with E-state index in [-0.39, 0.29) is 25.7 Å². The van der Waals surface area contributed by atoms with Crippen LogP contribution in [0.3, 0.4) is 0 Å². The van der Waals surface area contributed by atoms with E-state index in [4.69, 9.17) is 11.6 Å². The molecule has 94 valence electrons. The van der Waals surface area contributed by atoms with Crippen LogP contribution in [-0.2, 0) is 10.2 Å². The van der Waals surface area contributed by atoms with Crippen molar-refractivity contribution in [2.24, 2.45) is 0 Å². The average Bonchev–Trinajstić information content (AvgIpc) is 2.65. The third kappa shape index (κ3) is 2.31. The van der Waals surface area contributed by atoms with Crippen LogP contribution in [0, 0.1) is 0 Å². The molecule has 0 bridgehead atoms. The highest BCUT2D eigenvalue weighted by Crippen LogP contribution is 2.47. The Balaban J connectivity index is 2.33. The molecule has 0 aliphatic heterocycles. The highest BCUT2D eigenvalue weighted by Gasteiger charge is 2.49. The van der Waals surface area contributed by atoms with Crippen molar-refractivity contribution in [3.05, 3.63) is 21.3 Å². The first-order valence-electron chi connectivity index (χ1n) is 5.21. The van der Waals surface area contributed by atoms with E-state index in [0.717, 1.165) is 0 Å². The van der Waals surface area contributed by atoms with Gasteiger partial charge in [0.1, 0.15) is 0 Å². The number of carboxylic acids is 1. The summed E-state index contributed by atoms with van der Waals surface area (Å²) < 4.78 is 26.7. The molecule has 1 fully saturated rings. The first-order chi connectivity index (χ1) is 7.86.